The van der Waals surface area contributed by atoms with Gasteiger partial charge in [0.25, 0.3) is 0 Å². The minimum absolute atomic E-state index is 0.786. The first kappa shape index (κ1) is 7.01. The smallest absolute Gasteiger partial charge is 0.401 e. The zero-order chi connectivity index (χ0) is 6.57. The van der Waals surface area contributed by atoms with Crippen molar-refractivity contribution < 1.29 is 14.6 Å². The molecule has 0 atom stereocenters. The number of allylic oxidation sites excluding steroid dienone is 1. The van der Waals surface area contributed by atoms with Gasteiger partial charge in [-0.2, -0.15) is 9.90 Å². The summed E-state index contributed by atoms with van der Waals surface area (Å²) in [6.45, 7) is 3.45. The van der Waals surface area contributed by atoms with Crippen molar-refractivity contribution in [3.05, 3.63) is 11.8 Å². The summed E-state index contributed by atoms with van der Waals surface area (Å²) in [5.74, 6) is 0. The van der Waals surface area contributed by atoms with Crippen LogP contribution in [0.25, 0.3) is 0 Å². The molecular formula is C5H7O3. The Hall–Kier alpha value is -0.990. The second kappa shape index (κ2) is 3.07. The van der Waals surface area contributed by atoms with E-state index in [1.807, 2.05) is 0 Å². The third-order valence-electron chi connectivity index (χ3n) is 0.391. The second-order valence-electron chi connectivity index (χ2n) is 1.56. The summed E-state index contributed by atoms with van der Waals surface area (Å²) >= 11 is 0. The van der Waals surface area contributed by atoms with E-state index in [1.165, 1.54) is 0 Å². The van der Waals surface area contributed by atoms with Crippen molar-refractivity contribution in [2.45, 2.75) is 13.8 Å². The molecule has 0 fully saturated rings. The van der Waals surface area contributed by atoms with E-state index in [0.29, 0.717) is 0 Å². The van der Waals surface area contributed by atoms with Crippen molar-refractivity contribution in [1.82, 2.24) is 0 Å². The number of carbonyl (C=O) groups excluding carboxylic acids is 1. The average Bonchev–Trinajstić information content (AvgIpc) is 1.61. The fourth-order valence-corrected chi connectivity index (χ4v) is 0.166. The van der Waals surface area contributed by atoms with Crippen LogP contribution < -0.4 is 0 Å². The van der Waals surface area contributed by atoms with Gasteiger partial charge in [-0.3, -0.25) is 0 Å². The molecule has 0 aromatic rings. The molecule has 0 spiro atoms. The lowest BCUT2D eigenvalue weighted by Crippen LogP contribution is -1.89. The van der Waals surface area contributed by atoms with Gasteiger partial charge in [0.1, 0.15) is 0 Å². The molecule has 0 N–H and O–H groups in total. The van der Waals surface area contributed by atoms with Crippen LogP contribution in [0.5, 0.6) is 0 Å². The summed E-state index contributed by atoms with van der Waals surface area (Å²) in [4.78, 5) is 9.53. The Morgan fingerprint density at radius 2 is 2.00 bits per heavy atom. The molecule has 1 radical (unpaired) electrons. The van der Waals surface area contributed by atoms with Gasteiger partial charge >= 0.3 is 6.16 Å². The summed E-state index contributed by atoms with van der Waals surface area (Å²) in [5.41, 5.74) is 0.786. The van der Waals surface area contributed by atoms with Crippen LogP contribution in [0.15, 0.2) is 11.8 Å². The van der Waals surface area contributed by atoms with Crippen LogP contribution in [0, 0.1) is 0 Å². The molecule has 45 valence electrons. The van der Waals surface area contributed by atoms with Crippen molar-refractivity contribution in [3.8, 4) is 0 Å². The van der Waals surface area contributed by atoms with Gasteiger partial charge < -0.3 is 4.74 Å². The van der Waals surface area contributed by atoms with Crippen LogP contribution in [0.2, 0.25) is 0 Å². The molecule has 0 saturated heterocycles. The van der Waals surface area contributed by atoms with E-state index in [-0.39, 0.29) is 0 Å². The van der Waals surface area contributed by atoms with E-state index < -0.39 is 6.16 Å². The largest absolute Gasteiger partial charge is 0.555 e. The predicted molar refractivity (Wildman–Crippen MR) is 26.6 cm³/mol. The molecule has 0 heterocycles. The Morgan fingerprint density at radius 3 is 2.12 bits per heavy atom. The monoisotopic (exact) mass is 115 g/mol. The second-order valence-corrected chi connectivity index (χ2v) is 1.56. The maximum atomic E-state index is 9.53. The average molecular weight is 115 g/mol. The molecule has 3 heteroatoms. The maximum absolute atomic E-state index is 9.53. The summed E-state index contributed by atoms with van der Waals surface area (Å²) < 4.78 is 3.95. The van der Waals surface area contributed by atoms with E-state index in [9.17, 15) is 9.90 Å². The van der Waals surface area contributed by atoms with Gasteiger partial charge in [-0.25, -0.2) is 0 Å². The third-order valence-corrected chi connectivity index (χ3v) is 0.391. The molecule has 0 aromatic heterocycles. The number of carbonyl (C=O) groups is 1. The predicted octanol–water partition coefficient (Wildman–Crippen LogP) is 1.48. The summed E-state index contributed by atoms with van der Waals surface area (Å²) in [5, 5.41) is 9.53. The van der Waals surface area contributed by atoms with E-state index in [0.717, 1.165) is 11.8 Å². The fraction of sp³-hybridized carbons (Fsp3) is 0.400. The van der Waals surface area contributed by atoms with Crippen LogP contribution in [-0.4, -0.2) is 6.16 Å². The van der Waals surface area contributed by atoms with Crippen LogP contribution in [-0.2, 0) is 9.84 Å². The van der Waals surface area contributed by atoms with Crippen LogP contribution in [0.4, 0.5) is 4.79 Å². The lowest BCUT2D eigenvalue weighted by molar-refractivity contribution is 0.101. The zero-order valence-electron chi connectivity index (χ0n) is 4.80. The number of hydrogen-bond donors (Lipinski definition) is 0. The Kier molecular flexibility index (Phi) is 2.69. The van der Waals surface area contributed by atoms with E-state index in [2.05, 4.69) is 4.74 Å². The van der Waals surface area contributed by atoms with Gasteiger partial charge in [0.15, 0.2) is 0 Å². The first-order valence-corrected chi connectivity index (χ1v) is 2.14. The molecule has 0 aliphatic rings. The van der Waals surface area contributed by atoms with Crippen LogP contribution in [0.3, 0.4) is 0 Å². The molecule has 0 bridgehead atoms. The molecule has 0 amide bonds. The quantitative estimate of drug-likeness (QED) is 0.383. The first-order chi connectivity index (χ1) is 3.63. The molecule has 8 heavy (non-hydrogen) atoms. The van der Waals surface area contributed by atoms with Crippen LogP contribution >= 0.6 is 0 Å². The normalized spacial score (nSPS) is 7.75. The number of hydrogen-bond acceptors (Lipinski definition) is 2. The number of rotatable bonds is 1. The number of ether oxygens (including phenoxy) is 1. The summed E-state index contributed by atoms with van der Waals surface area (Å²) in [6, 6.07) is 0. The topological polar surface area (TPSA) is 46.2 Å². The SMILES string of the molecule is CC(C)=COC([O])=O. The molecule has 0 unspecified atom stereocenters. The van der Waals surface area contributed by atoms with Gasteiger partial charge in [-0.05, 0) is 19.4 Å². The highest BCUT2D eigenvalue weighted by atomic mass is 16.7. The fourth-order valence-electron chi connectivity index (χ4n) is 0.166. The molecule has 3 nitrogen and oxygen atoms in total. The van der Waals surface area contributed by atoms with Gasteiger partial charge in [-0.1, -0.05) is 0 Å². The van der Waals surface area contributed by atoms with Crippen molar-refractivity contribution in [1.29, 1.82) is 0 Å². The van der Waals surface area contributed by atoms with Gasteiger partial charge in [0, 0.05) is 0 Å². The zero-order valence-corrected chi connectivity index (χ0v) is 4.80. The molecule has 0 aromatic carbocycles. The van der Waals surface area contributed by atoms with Gasteiger partial charge in [-0.15, -0.1) is 0 Å². The molecular weight excluding hydrogens is 108 g/mol. The Morgan fingerprint density at radius 1 is 1.50 bits per heavy atom. The lowest BCUT2D eigenvalue weighted by atomic mass is 10.4. The van der Waals surface area contributed by atoms with E-state index in [4.69, 9.17) is 0 Å². The highest BCUT2D eigenvalue weighted by Crippen LogP contribution is 1.88. The third kappa shape index (κ3) is 5.01. The summed E-state index contributed by atoms with van der Waals surface area (Å²) in [7, 11) is 0. The Labute approximate surface area is 47.6 Å². The standard InChI is InChI=1S/C5H7O3/c1-4(2)3-8-5(6)7/h3H,1-2H3. The van der Waals surface area contributed by atoms with Crippen molar-refractivity contribution >= 4 is 6.16 Å². The highest BCUT2D eigenvalue weighted by Gasteiger charge is 1.92. The van der Waals surface area contributed by atoms with Crippen molar-refractivity contribution in [3.63, 3.8) is 0 Å². The Bertz CT molecular complexity index is 111. The molecule has 0 rings (SSSR count). The molecule has 0 aliphatic carbocycles. The van der Waals surface area contributed by atoms with Gasteiger partial charge in [0.05, 0.1) is 6.26 Å². The van der Waals surface area contributed by atoms with Crippen LogP contribution in [0.1, 0.15) is 13.8 Å². The van der Waals surface area contributed by atoms with Crippen molar-refractivity contribution in [2.75, 3.05) is 0 Å². The van der Waals surface area contributed by atoms with Gasteiger partial charge in [0.2, 0.25) is 0 Å². The highest BCUT2D eigenvalue weighted by molar-refractivity contribution is 5.57. The summed E-state index contributed by atoms with van der Waals surface area (Å²) in [6.07, 6.45) is -0.402. The molecule has 0 aliphatic heterocycles. The maximum Gasteiger partial charge on any atom is 0.555 e. The first-order valence-electron chi connectivity index (χ1n) is 2.14. The minimum Gasteiger partial charge on any atom is -0.401 e. The molecule has 0 saturated carbocycles. The van der Waals surface area contributed by atoms with Crippen molar-refractivity contribution in [2.24, 2.45) is 0 Å². The Balaban J connectivity index is 3.45. The minimum atomic E-state index is -1.52. The lowest BCUT2D eigenvalue weighted by Gasteiger charge is -1.86. The van der Waals surface area contributed by atoms with E-state index in [1.54, 1.807) is 13.8 Å². The van der Waals surface area contributed by atoms with E-state index >= 15 is 0 Å².